The van der Waals surface area contributed by atoms with E-state index in [-0.39, 0.29) is 17.1 Å². The van der Waals surface area contributed by atoms with E-state index in [2.05, 4.69) is 11.7 Å². The molecule has 6 nitrogen and oxygen atoms in total. The van der Waals surface area contributed by atoms with Crippen LogP contribution in [0.15, 0.2) is 42.5 Å². The third-order valence-electron chi connectivity index (χ3n) is 3.69. The van der Waals surface area contributed by atoms with Crippen LogP contribution < -0.4 is 9.47 Å². The van der Waals surface area contributed by atoms with Crippen LogP contribution in [0.2, 0.25) is 0 Å². The van der Waals surface area contributed by atoms with Gasteiger partial charge in [0.1, 0.15) is 22.8 Å². The van der Waals surface area contributed by atoms with E-state index in [0.29, 0.717) is 17.9 Å². The highest BCUT2D eigenvalue weighted by Crippen LogP contribution is 2.25. The van der Waals surface area contributed by atoms with Gasteiger partial charge in [0.25, 0.3) is 0 Å². The van der Waals surface area contributed by atoms with Gasteiger partial charge in [-0.3, -0.25) is 0 Å². The Morgan fingerprint density at radius 2 is 1.65 bits per heavy atom. The summed E-state index contributed by atoms with van der Waals surface area (Å²) in [6.07, 6.45) is 3.24. The Morgan fingerprint density at radius 1 is 0.962 bits per heavy atom. The molecular weight excluding hydrogens is 336 g/mol. The number of methoxy groups -OCH3 is 1. The van der Waals surface area contributed by atoms with Gasteiger partial charge in [-0.1, -0.05) is 19.8 Å². The molecule has 6 heteroatoms. The number of phenols is 1. The molecule has 0 radical (unpaired) electrons. The molecule has 0 atom stereocenters. The molecule has 0 saturated carbocycles. The molecule has 0 aliphatic carbocycles. The van der Waals surface area contributed by atoms with Crippen LogP contribution in [0.3, 0.4) is 0 Å². The summed E-state index contributed by atoms with van der Waals surface area (Å²) >= 11 is 0. The van der Waals surface area contributed by atoms with Crippen molar-refractivity contribution >= 4 is 11.9 Å². The van der Waals surface area contributed by atoms with Crippen molar-refractivity contribution in [1.29, 1.82) is 0 Å². The van der Waals surface area contributed by atoms with Crippen molar-refractivity contribution in [2.24, 2.45) is 0 Å². The fourth-order valence-corrected chi connectivity index (χ4v) is 2.25. The first kappa shape index (κ1) is 19.3. The lowest BCUT2D eigenvalue weighted by Crippen LogP contribution is -2.09. The quantitative estimate of drug-likeness (QED) is 0.437. The highest BCUT2D eigenvalue weighted by Gasteiger charge is 2.14. The Bertz CT molecular complexity index is 751. The lowest BCUT2D eigenvalue weighted by Gasteiger charge is -2.08. The number of benzene rings is 2. The second-order valence-electron chi connectivity index (χ2n) is 5.64. The number of hydrogen-bond donors (Lipinski definition) is 1. The van der Waals surface area contributed by atoms with E-state index in [1.54, 1.807) is 24.3 Å². The lowest BCUT2D eigenvalue weighted by atomic mass is 10.2. The number of carbonyl (C=O) groups excluding carboxylic acids is 2. The lowest BCUT2D eigenvalue weighted by molar-refractivity contribution is 0.0597. The molecule has 2 rings (SSSR count). The van der Waals surface area contributed by atoms with Crippen molar-refractivity contribution in [1.82, 2.24) is 0 Å². The summed E-state index contributed by atoms with van der Waals surface area (Å²) in [5, 5.41) is 9.82. The number of carbonyl (C=O) groups is 2. The molecule has 0 fully saturated rings. The molecule has 0 heterocycles. The Kier molecular flexibility index (Phi) is 7.02. The third-order valence-corrected chi connectivity index (χ3v) is 3.69. The maximum Gasteiger partial charge on any atom is 0.343 e. The number of unbranched alkanes of at least 4 members (excludes halogenated alkanes) is 2. The van der Waals surface area contributed by atoms with Crippen LogP contribution >= 0.6 is 0 Å². The second kappa shape index (κ2) is 9.46. The molecule has 138 valence electrons. The van der Waals surface area contributed by atoms with E-state index < -0.39 is 11.9 Å². The van der Waals surface area contributed by atoms with Gasteiger partial charge < -0.3 is 19.3 Å². The molecule has 0 amide bonds. The number of esters is 2. The van der Waals surface area contributed by atoms with E-state index in [1.165, 1.54) is 25.3 Å². The summed E-state index contributed by atoms with van der Waals surface area (Å²) < 4.78 is 15.3. The number of rotatable bonds is 8. The molecule has 0 saturated heterocycles. The molecule has 0 aliphatic heterocycles. The molecular formula is C20H22O6. The molecule has 2 aromatic rings. The van der Waals surface area contributed by atoms with E-state index in [4.69, 9.17) is 9.47 Å². The van der Waals surface area contributed by atoms with Crippen molar-refractivity contribution in [3.05, 3.63) is 53.6 Å². The van der Waals surface area contributed by atoms with Gasteiger partial charge in [0.15, 0.2) is 0 Å². The van der Waals surface area contributed by atoms with Crippen molar-refractivity contribution in [2.45, 2.75) is 26.2 Å². The van der Waals surface area contributed by atoms with Gasteiger partial charge >= 0.3 is 11.9 Å². The van der Waals surface area contributed by atoms with Crippen LogP contribution in [0, 0.1) is 0 Å². The zero-order valence-electron chi connectivity index (χ0n) is 14.9. The molecule has 26 heavy (non-hydrogen) atoms. The highest BCUT2D eigenvalue weighted by atomic mass is 16.5. The van der Waals surface area contributed by atoms with Crippen molar-refractivity contribution in [3.8, 4) is 17.2 Å². The van der Waals surface area contributed by atoms with Gasteiger partial charge in [-0.15, -0.1) is 0 Å². The van der Waals surface area contributed by atoms with Gasteiger partial charge in [0.2, 0.25) is 0 Å². The molecule has 0 unspecified atom stereocenters. The maximum absolute atomic E-state index is 12.2. The molecule has 0 bridgehead atoms. The molecule has 1 N–H and O–H groups in total. The van der Waals surface area contributed by atoms with Gasteiger partial charge in [0, 0.05) is 6.07 Å². The predicted octanol–water partition coefficient (Wildman–Crippen LogP) is 3.97. The number of aromatic hydroxyl groups is 1. The minimum absolute atomic E-state index is 0.00289. The van der Waals surface area contributed by atoms with Crippen molar-refractivity contribution < 1.29 is 28.9 Å². The molecule has 0 aromatic heterocycles. The van der Waals surface area contributed by atoms with Crippen LogP contribution in [-0.4, -0.2) is 30.8 Å². The largest absolute Gasteiger partial charge is 0.507 e. The van der Waals surface area contributed by atoms with Gasteiger partial charge in [-0.25, -0.2) is 9.59 Å². The minimum atomic E-state index is -0.671. The van der Waals surface area contributed by atoms with Gasteiger partial charge in [0.05, 0.1) is 19.3 Å². The summed E-state index contributed by atoms with van der Waals surface area (Å²) in [4.78, 5) is 23.6. The predicted molar refractivity (Wildman–Crippen MR) is 95.9 cm³/mol. The van der Waals surface area contributed by atoms with Gasteiger partial charge in [-0.2, -0.15) is 0 Å². The van der Waals surface area contributed by atoms with E-state index in [0.717, 1.165) is 19.3 Å². The van der Waals surface area contributed by atoms with Crippen LogP contribution in [0.1, 0.15) is 46.9 Å². The topological polar surface area (TPSA) is 82.1 Å². The van der Waals surface area contributed by atoms with Crippen LogP contribution in [0.25, 0.3) is 0 Å². The summed E-state index contributed by atoms with van der Waals surface area (Å²) in [6, 6.07) is 10.6. The monoisotopic (exact) mass is 358 g/mol. The van der Waals surface area contributed by atoms with E-state index in [1.807, 2.05) is 0 Å². The van der Waals surface area contributed by atoms with Crippen LogP contribution in [0.4, 0.5) is 0 Å². The van der Waals surface area contributed by atoms with E-state index >= 15 is 0 Å². The SMILES string of the molecule is CCCCCOc1ccc(C(=O)Oc2ccc(C(=O)OC)c(O)c2)cc1. The Balaban J connectivity index is 1.97. The van der Waals surface area contributed by atoms with Crippen LogP contribution in [0.5, 0.6) is 17.2 Å². The molecule has 0 aliphatic rings. The molecule has 2 aromatic carbocycles. The van der Waals surface area contributed by atoms with Crippen molar-refractivity contribution in [2.75, 3.05) is 13.7 Å². The summed E-state index contributed by atoms with van der Waals surface area (Å²) in [5.74, 6) is -0.751. The summed E-state index contributed by atoms with van der Waals surface area (Å²) in [6.45, 7) is 2.77. The number of ether oxygens (including phenoxy) is 3. The first-order valence-electron chi connectivity index (χ1n) is 8.41. The standard InChI is InChI=1S/C20H22O6/c1-3-4-5-12-25-15-8-6-14(7-9-15)19(22)26-16-10-11-17(18(21)13-16)20(23)24-2/h6-11,13,21H,3-5,12H2,1-2H3. The summed E-state index contributed by atoms with van der Waals surface area (Å²) in [5.41, 5.74) is 0.347. The smallest absolute Gasteiger partial charge is 0.343 e. The third kappa shape index (κ3) is 5.24. The zero-order valence-corrected chi connectivity index (χ0v) is 14.9. The Morgan fingerprint density at radius 3 is 2.27 bits per heavy atom. The normalized spacial score (nSPS) is 10.2. The minimum Gasteiger partial charge on any atom is -0.507 e. The summed E-state index contributed by atoms with van der Waals surface area (Å²) in [7, 11) is 1.22. The van der Waals surface area contributed by atoms with Crippen molar-refractivity contribution in [3.63, 3.8) is 0 Å². The van der Waals surface area contributed by atoms with Gasteiger partial charge in [-0.05, 0) is 42.8 Å². The average Bonchev–Trinajstić information content (AvgIpc) is 2.65. The fraction of sp³-hybridized carbons (Fsp3) is 0.300. The van der Waals surface area contributed by atoms with E-state index in [9.17, 15) is 14.7 Å². The average molecular weight is 358 g/mol. The fourth-order valence-electron chi connectivity index (χ4n) is 2.25. The Labute approximate surface area is 152 Å². The number of hydrogen-bond acceptors (Lipinski definition) is 6. The maximum atomic E-state index is 12.2. The zero-order chi connectivity index (χ0) is 18.9. The first-order valence-corrected chi connectivity index (χ1v) is 8.41. The molecule has 0 spiro atoms. The number of phenolic OH excluding ortho intramolecular Hbond substituents is 1. The van der Waals surface area contributed by atoms with Crippen LogP contribution in [-0.2, 0) is 4.74 Å². The second-order valence-corrected chi connectivity index (χ2v) is 5.64. The highest BCUT2D eigenvalue weighted by molar-refractivity contribution is 5.93. The first-order chi connectivity index (χ1) is 12.5. The Hall–Kier alpha value is -3.02.